The fraction of sp³-hybridized carbons (Fsp3) is 0.176. The molecule has 1 atom stereocenters. The fourth-order valence-electron chi connectivity index (χ4n) is 2.74. The fourth-order valence-corrected chi connectivity index (χ4v) is 2.74. The Kier molecular flexibility index (Phi) is 2.65. The van der Waals surface area contributed by atoms with Crippen molar-refractivity contribution in [1.29, 1.82) is 0 Å². The number of benzene rings is 2. The van der Waals surface area contributed by atoms with E-state index in [1.165, 1.54) is 5.56 Å². The minimum atomic E-state index is -0.359. The zero-order chi connectivity index (χ0) is 14.3. The molecule has 2 aliphatic rings. The van der Waals surface area contributed by atoms with Crippen LogP contribution in [0.1, 0.15) is 18.1 Å². The first-order valence-electron chi connectivity index (χ1n) is 7.01. The summed E-state index contributed by atoms with van der Waals surface area (Å²) >= 11 is 0. The van der Waals surface area contributed by atoms with Gasteiger partial charge in [-0.3, -0.25) is 0 Å². The van der Waals surface area contributed by atoms with Crippen molar-refractivity contribution < 1.29 is 9.68 Å². The molecule has 1 unspecified atom stereocenters. The van der Waals surface area contributed by atoms with Gasteiger partial charge in [-0.2, -0.15) is 0 Å². The molecule has 0 saturated heterocycles. The SMILES string of the molecule is CC1(C2=Cc3ccccc3ON2)Cc2ccccc2ON1. The zero-order valence-electron chi connectivity index (χ0n) is 11.7. The van der Waals surface area contributed by atoms with Crippen LogP contribution in [0.4, 0.5) is 0 Å². The Morgan fingerprint density at radius 1 is 0.952 bits per heavy atom. The van der Waals surface area contributed by atoms with E-state index in [4.69, 9.17) is 9.68 Å². The highest BCUT2D eigenvalue weighted by Gasteiger charge is 2.36. The Bertz CT molecular complexity index is 726. The van der Waals surface area contributed by atoms with Crippen LogP contribution in [0.15, 0.2) is 54.2 Å². The summed E-state index contributed by atoms with van der Waals surface area (Å²) in [7, 11) is 0. The molecular weight excluding hydrogens is 264 g/mol. The summed E-state index contributed by atoms with van der Waals surface area (Å²) in [6.45, 7) is 2.10. The third-order valence-electron chi connectivity index (χ3n) is 3.99. The minimum Gasteiger partial charge on any atom is -0.408 e. The Morgan fingerprint density at radius 2 is 1.71 bits per heavy atom. The summed E-state index contributed by atoms with van der Waals surface area (Å²) < 4.78 is 0. The first-order valence-corrected chi connectivity index (χ1v) is 7.01. The molecule has 2 aliphatic heterocycles. The normalized spacial score (nSPS) is 22.8. The van der Waals surface area contributed by atoms with Crippen molar-refractivity contribution >= 4 is 6.08 Å². The highest BCUT2D eigenvalue weighted by Crippen LogP contribution is 2.34. The Balaban J connectivity index is 1.70. The van der Waals surface area contributed by atoms with Crippen LogP contribution in [0, 0.1) is 0 Å². The zero-order valence-corrected chi connectivity index (χ0v) is 11.7. The van der Waals surface area contributed by atoms with Crippen molar-refractivity contribution in [2.24, 2.45) is 0 Å². The molecule has 2 N–H and O–H groups in total. The van der Waals surface area contributed by atoms with Crippen LogP contribution in [0.2, 0.25) is 0 Å². The van der Waals surface area contributed by atoms with E-state index in [1.54, 1.807) is 0 Å². The summed E-state index contributed by atoms with van der Waals surface area (Å²) in [5, 5.41) is 0. The van der Waals surface area contributed by atoms with Crippen molar-refractivity contribution in [3.63, 3.8) is 0 Å². The van der Waals surface area contributed by atoms with Crippen LogP contribution in [-0.2, 0) is 6.42 Å². The van der Waals surface area contributed by atoms with Crippen molar-refractivity contribution in [2.45, 2.75) is 18.9 Å². The van der Waals surface area contributed by atoms with Crippen LogP contribution in [0.5, 0.6) is 11.5 Å². The van der Waals surface area contributed by atoms with Crippen molar-refractivity contribution in [1.82, 2.24) is 11.0 Å². The monoisotopic (exact) mass is 280 g/mol. The van der Waals surface area contributed by atoms with Gasteiger partial charge in [-0.15, -0.1) is 5.48 Å². The Labute approximate surface area is 123 Å². The van der Waals surface area contributed by atoms with Gasteiger partial charge in [-0.25, -0.2) is 5.48 Å². The summed E-state index contributed by atoms with van der Waals surface area (Å²) in [6.07, 6.45) is 2.93. The Hall–Kier alpha value is -2.46. The van der Waals surface area contributed by atoms with E-state index in [0.717, 1.165) is 29.2 Å². The molecule has 2 heterocycles. The molecule has 0 spiro atoms. The summed E-state index contributed by atoms with van der Waals surface area (Å²) in [5.74, 6) is 1.72. The molecule has 0 fully saturated rings. The van der Waals surface area contributed by atoms with Gasteiger partial charge in [0.2, 0.25) is 0 Å². The molecule has 4 nitrogen and oxygen atoms in total. The molecular formula is C17H16N2O2. The van der Waals surface area contributed by atoms with Gasteiger partial charge in [0.25, 0.3) is 0 Å². The van der Waals surface area contributed by atoms with Crippen LogP contribution in [0.25, 0.3) is 6.08 Å². The third-order valence-corrected chi connectivity index (χ3v) is 3.99. The van der Waals surface area contributed by atoms with Crippen molar-refractivity contribution in [2.75, 3.05) is 0 Å². The van der Waals surface area contributed by atoms with E-state index in [1.807, 2.05) is 42.5 Å². The van der Waals surface area contributed by atoms with Gasteiger partial charge in [0.05, 0.1) is 11.2 Å². The first-order chi connectivity index (χ1) is 10.2. The highest BCUT2D eigenvalue weighted by atomic mass is 16.7. The molecule has 0 bridgehead atoms. The number of hydroxylamine groups is 2. The molecule has 0 amide bonds. The van der Waals surface area contributed by atoms with E-state index >= 15 is 0 Å². The highest BCUT2D eigenvalue weighted by molar-refractivity contribution is 5.63. The molecule has 21 heavy (non-hydrogen) atoms. The van der Waals surface area contributed by atoms with Gasteiger partial charge >= 0.3 is 0 Å². The largest absolute Gasteiger partial charge is 0.408 e. The second-order valence-electron chi connectivity index (χ2n) is 5.62. The third kappa shape index (κ3) is 2.04. The lowest BCUT2D eigenvalue weighted by Crippen LogP contribution is -2.54. The Morgan fingerprint density at radius 3 is 2.62 bits per heavy atom. The molecule has 2 aromatic rings. The number of rotatable bonds is 1. The van der Waals surface area contributed by atoms with Gasteiger partial charge in [0, 0.05) is 12.0 Å². The maximum Gasteiger partial charge on any atom is 0.162 e. The summed E-state index contributed by atoms with van der Waals surface area (Å²) in [5.41, 5.74) is 9.02. The van der Waals surface area contributed by atoms with Crippen LogP contribution < -0.4 is 20.6 Å². The molecule has 0 radical (unpaired) electrons. The molecule has 0 aliphatic carbocycles. The smallest absolute Gasteiger partial charge is 0.162 e. The van der Waals surface area contributed by atoms with E-state index in [-0.39, 0.29) is 5.54 Å². The second-order valence-corrected chi connectivity index (χ2v) is 5.62. The summed E-state index contributed by atoms with van der Waals surface area (Å²) in [4.78, 5) is 11.3. The maximum atomic E-state index is 5.69. The summed E-state index contributed by atoms with van der Waals surface area (Å²) in [6, 6.07) is 16.0. The molecule has 0 saturated carbocycles. The quantitative estimate of drug-likeness (QED) is 0.843. The predicted molar refractivity (Wildman–Crippen MR) is 80.5 cm³/mol. The molecule has 106 valence electrons. The molecule has 0 aromatic heterocycles. The lowest BCUT2D eigenvalue weighted by Gasteiger charge is -2.38. The van der Waals surface area contributed by atoms with Crippen LogP contribution in [-0.4, -0.2) is 5.54 Å². The van der Waals surface area contributed by atoms with Crippen LogP contribution >= 0.6 is 0 Å². The molecule has 2 aromatic carbocycles. The predicted octanol–water partition coefficient (Wildman–Crippen LogP) is 2.82. The van der Waals surface area contributed by atoms with Crippen molar-refractivity contribution in [3.8, 4) is 11.5 Å². The molecule has 4 heteroatoms. The number of hydrogen-bond acceptors (Lipinski definition) is 4. The number of nitrogens with one attached hydrogen (secondary N) is 2. The lowest BCUT2D eigenvalue weighted by atomic mass is 9.87. The van der Waals surface area contributed by atoms with Gasteiger partial charge in [-0.1, -0.05) is 36.4 Å². The topological polar surface area (TPSA) is 42.5 Å². The van der Waals surface area contributed by atoms with E-state index in [9.17, 15) is 0 Å². The number of para-hydroxylation sites is 2. The first kappa shape index (κ1) is 12.3. The number of hydrogen-bond donors (Lipinski definition) is 2. The molecule has 4 rings (SSSR count). The van der Waals surface area contributed by atoms with Gasteiger partial charge in [-0.05, 0) is 30.7 Å². The van der Waals surface area contributed by atoms with E-state index in [0.29, 0.717) is 0 Å². The minimum absolute atomic E-state index is 0.359. The van der Waals surface area contributed by atoms with Crippen LogP contribution in [0.3, 0.4) is 0 Å². The standard InChI is InChI=1S/C17H16N2O2/c1-17(11-13-7-3-5-9-15(13)21-19-17)16-10-12-6-2-4-8-14(12)20-18-16/h2-10,18-19H,11H2,1H3. The maximum absolute atomic E-state index is 5.69. The second kappa shape index (κ2) is 4.53. The van der Waals surface area contributed by atoms with Gasteiger partial charge in [0.1, 0.15) is 5.75 Å². The average molecular weight is 280 g/mol. The van der Waals surface area contributed by atoms with E-state index in [2.05, 4.69) is 30.0 Å². The van der Waals surface area contributed by atoms with Gasteiger partial charge < -0.3 is 9.68 Å². The van der Waals surface area contributed by atoms with Gasteiger partial charge in [0.15, 0.2) is 5.75 Å². The van der Waals surface area contributed by atoms with E-state index < -0.39 is 0 Å². The number of fused-ring (bicyclic) bond motifs is 2. The average Bonchev–Trinajstić information content (AvgIpc) is 2.54. The van der Waals surface area contributed by atoms with Crippen molar-refractivity contribution in [3.05, 3.63) is 65.4 Å². The lowest BCUT2D eigenvalue weighted by molar-refractivity contribution is 0.0777.